The van der Waals surface area contributed by atoms with Gasteiger partial charge in [0.1, 0.15) is 0 Å². The lowest BCUT2D eigenvalue weighted by atomic mass is 10.2. The van der Waals surface area contributed by atoms with E-state index in [0.717, 1.165) is 14.2 Å². The van der Waals surface area contributed by atoms with Crippen LogP contribution in [0.25, 0.3) is 0 Å². The van der Waals surface area contributed by atoms with E-state index in [1.807, 2.05) is 36.6 Å². The minimum Gasteiger partial charge on any atom is -0.390 e. The first-order valence-electron chi connectivity index (χ1n) is 6.08. The lowest BCUT2D eigenvalue weighted by molar-refractivity contribution is 0.0398. The Morgan fingerprint density at radius 2 is 2.00 bits per heavy atom. The molecule has 1 N–H and O–H groups in total. The molecule has 0 aliphatic heterocycles. The zero-order valence-electron chi connectivity index (χ0n) is 11.1. The molecular formula is C13H16N2O2S3. The van der Waals surface area contributed by atoms with Gasteiger partial charge in [-0.1, -0.05) is 65.2 Å². The summed E-state index contributed by atoms with van der Waals surface area (Å²) in [6, 6.07) is 9.94. The van der Waals surface area contributed by atoms with Crippen LogP contribution in [0.2, 0.25) is 0 Å². The van der Waals surface area contributed by atoms with E-state index in [2.05, 4.69) is 10.2 Å². The van der Waals surface area contributed by atoms with Crippen LogP contribution in [0.4, 0.5) is 0 Å². The lowest BCUT2D eigenvalue weighted by Crippen LogP contribution is -2.17. The van der Waals surface area contributed by atoms with Gasteiger partial charge in [0.25, 0.3) is 0 Å². The minimum atomic E-state index is -0.495. The maximum absolute atomic E-state index is 9.86. The highest BCUT2D eigenvalue weighted by Gasteiger charge is 2.09. The molecule has 0 bridgehead atoms. The number of aromatic nitrogens is 2. The van der Waals surface area contributed by atoms with Gasteiger partial charge in [-0.3, -0.25) is 0 Å². The Morgan fingerprint density at radius 3 is 2.70 bits per heavy atom. The van der Waals surface area contributed by atoms with Crippen LogP contribution in [0.5, 0.6) is 0 Å². The molecular weight excluding hydrogens is 312 g/mol. The van der Waals surface area contributed by atoms with Crippen molar-refractivity contribution >= 4 is 34.9 Å². The van der Waals surface area contributed by atoms with Crippen LogP contribution in [0.3, 0.4) is 0 Å². The summed E-state index contributed by atoms with van der Waals surface area (Å²) >= 11 is 4.64. The van der Waals surface area contributed by atoms with Crippen molar-refractivity contribution in [3.05, 3.63) is 35.9 Å². The van der Waals surface area contributed by atoms with Crippen LogP contribution in [0.1, 0.15) is 5.56 Å². The maximum Gasteiger partial charge on any atom is 0.175 e. The molecule has 2 aromatic rings. The molecule has 1 unspecified atom stereocenters. The summed E-state index contributed by atoms with van der Waals surface area (Å²) in [5.74, 6) is 0.567. The first kappa shape index (κ1) is 15.8. The van der Waals surface area contributed by atoms with Gasteiger partial charge in [0.2, 0.25) is 0 Å². The van der Waals surface area contributed by atoms with Gasteiger partial charge in [-0.05, 0) is 11.8 Å². The standard InChI is InChI=1S/C13H16N2O2S3/c1-18-12-14-15-13(20-12)19-9-11(16)8-17-7-10-5-3-2-4-6-10/h2-6,11,16H,7-9H2,1H3. The molecule has 0 aliphatic carbocycles. The van der Waals surface area contributed by atoms with Crippen molar-refractivity contribution < 1.29 is 9.84 Å². The number of hydrogen-bond donors (Lipinski definition) is 1. The molecule has 4 nitrogen and oxygen atoms in total. The fourth-order valence-electron chi connectivity index (χ4n) is 1.44. The second-order valence-corrected chi connectivity index (χ2v) is 7.30. The van der Waals surface area contributed by atoms with Gasteiger partial charge >= 0.3 is 0 Å². The Balaban J connectivity index is 1.64. The molecule has 1 heterocycles. The van der Waals surface area contributed by atoms with Gasteiger partial charge in [0.15, 0.2) is 8.68 Å². The number of benzene rings is 1. The number of rotatable bonds is 8. The average molecular weight is 328 g/mol. The highest BCUT2D eigenvalue weighted by molar-refractivity contribution is 8.02. The first-order valence-corrected chi connectivity index (χ1v) is 9.10. The Bertz CT molecular complexity index is 507. The molecule has 2 rings (SSSR count). The second kappa shape index (κ2) is 8.63. The van der Waals surface area contributed by atoms with E-state index in [1.54, 1.807) is 23.1 Å². The topological polar surface area (TPSA) is 55.2 Å². The normalized spacial score (nSPS) is 12.5. The van der Waals surface area contributed by atoms with Crippen molar-refractivity contribution in [2.45, 2.75) is 21.4 Å². The summed E-state index contributed by atoms with van der Waals surface area (Å²) in [4.78, 5) is 0. The van der Waals surface area contributed by atoms with Gasteiger partial charge in [-0.25, -0.2) is 0 Å². The summed E-state index contributed by atoms with van der Waals surface area (Å²) in [5, 5.41) is 17.9. The van der Waals surface area contributed by atoms with Gasteiger partial charge in [0, 0.05) is 5.75 Å². The third-order valence-corrected chi connectivity index (χ3v) is 5.56. The number of aliphatic hydroxyl groups excluding tert-OH is 1. The van der Waals surface area contributed by atoms with Gasteiger partial charge < -0.3 is 9.84 Å². The smallest absolute Gasteiger partial charge is 0.175 e. The van der Waals surface area contributed by atoms with E-state index >= 15 is 0 Å². The van der Waals surface area contributed by atoms with Crippen molar-refractivity contribution in [1.82, 2.24) is 10.2 Å². The van der Waals surface area contributed by atoms with Crippen molar-refractivity contribution in [2.24, 2.45) is 0 Å². The minimum absolute atomic E-state index is 0.329. The number of nitrogens with zero attached hydrogens (tertiary/aromatic N) is 2. The van der Waals surface area contributed by atoms with E-state index in [9.17, 15) is 5.11 Å². The third kappa shape index (κ3) is 5.41. The monoisotopic (exact) mass is 328 g/mol. The van der Waals surface area contributed by atoms with E-state index in [-0.39, 0.29) is 0 Å². The van der Waals surface area contributed by atoms with E-state index in [1.165, 1.54) is 11.8 Å². The van der Waals surface area contributed by atoms with Crippen LogP contribution >= 0.6 is 34.9 Å². The largest absolute Gasteiger partial charge is 0.390 e. The molecule has 0 saturated carbocycles. The Morgan fingerprint density at radius 1 is 1.25 bits per heavy atom. The van der Waals surface area contributed by atoms with Crippen LogP contribution in [-0.2, 0) is 11.3 Å². The molecule has 0 aliphatic rings. The highest BCUT2D eigenvalue weighted by Crippen LogP contribution is 2.27. The summed E-state index contributed by atoms with van der Waals surface area (Å²) in [6.45, 7) is 0.855. The molecule has 7 heteroatoms. The molecule has 1 atom stereocenters. The quantitative estimate of drug-likeness (QED) is 0.752. The molecule has 108 valence electrons. The van der Waals surface area contributed by atoms with Crippen LogP contribution in [-0.4, -0.2) is 40.0 Å². The number of aliphatic hydroxyl groups is 1. The Kier molecular flexibility index (Phi) is 6.81. The summed E-state index contributed by atoms with van der Waals surface area (Å²) < 4.78 is 7.33. The third-order valence-electron chi connectivity index (χ3n) is 2.38. The van der Waals surface area contributed by atoms with E-state index in [0.29, 0.717) is 19.0 Å². The Hall–Kier alpha value is -0.600. The summed E-state index contributed by atoms with van der Waals surface area (Å²) in [6.07, 6.45) is 1.48. The SMILES string of the molecule is CSc1nnc(SCC(O)COCc2ccccc2)s1. The molecule has 0 fully saturated rings. The van der Waals surface area contributed by atoms with Crippen molar-refractivity contribution in [2.75, 3.05) is 18.6 Å². The molecule has 20 heavy (non-hydrogen) atoms. The Labute approximate surface area is 131 Å². The maximum atomic E-state index is 9.86. The van der Waals surface area contributed by atoms with Gasteiger partial charge in [-0.15, -0.1) is 10.2 Å². The van der Waals surface area contributed by atoms with Gasteiger partial charge in [0.05, 0.1) is 19.3 Å². The molecule has 0 saturated heterocycles. The summed E-state index contributed by atoms with van der Waals surface area (Å²) in [5.41, 5.74) is 1.11. The number of ether oxygens (including phenoxy) is 1. The molecule has 0 radical (unpaired) electrons. The predicted octanol–water partition coefficient (Wildman–Crippen LogP) is 2.93. The van der Waals surface area contributed by atoms with E-state index in [4.69, 9.17) is 4.74 Å². The number of hydrogen-bond acceptors (Lipinski definition) is 7. The van der Waals surface area contributed by atoms with Crippen molar-refractivity contribution in [3.63, 3.8) is 0 Å². The fraction of sp³-hybridized carbons (Fsp3) is 0.385. The zero-order valence-corrected chi connectivity index (χ0v) is 13.5. The van der Waals surface area contributed by atoms with Crippen molar-refractivity contribution in [1.29, 1.82) is 0 Å². The van der Waals surface area contributed by atoms with Crippen LogP contribution in [0, 0.1) is 0 Å². The second-order valence-electron chi connectivity index (χ2n) is 4.00. The summed E-state index contributed by atoms with van der Waals surface area (Å²) in [7, 11) is 0. The molecule has 1 aromatic carbocycles. The molecule has 1 aromatic heterocycles. The van der Waals surface area contributed by atoms with Crippen LogP contribution < -0.4 is 0 Å². The van der Waals surface area contributed by atoms with E-state index < -0.39 is 6.10 Å². The van der Waals surface area contributed by atoms with Gasteiger partial charge in [-0.2, -0.15) is 0 Å². The zero-order chi connectivity index (χ0) is 14.2. The highest BCUT2D eigenvalue weighted by atomic mass is 32.2. The first-order chi connectivity index (χ1) is 9.78. The predicted molar refractivity (Wildman–Crippen MR) is 84.5 cm³/mol. The number of thioether (sulfide) groups is 2. The molecule has 0 amide bonds. The van der Waals surface area contributed by atoms with Crippen molar-refractivity contribution in [3.8, 4) is 0 Å². The molecule has 0 spiro atoms. The average Bonchev–Trinajstić information content (AvgIpc) is 2.94. The van der Waals surface area contributed by atoms with Crippen LogP contribution in [0.15, 0.2) is 39.0 Å². The fourth-order valence-corrected chi connectivity index (χ4v) is 3.81. The lowest BCUT2D eigenvalue weighted by Gasteiger charge is -2.09.